The highest BCUT2D eigenvalue weighted by Gasteiger charge is 2.47. The van der Waals surface area contributed by atoms with E-state index >= 15 is 0 Å². The summed E-state index contributed by atoms with van der Waals surface area (Å²) < 4.78 is 39.0. The van der Waals surface area contributed by atoms with Crippen LogP contribution in [-0.2, 0) is 16.5 Å². The predicted molar refractivity (Wildman–Crippen MR) is 134 cm³/mol. The molecule has 2 aromatic rings. The van der Waals surface area contributed by atoms with Gasteiger partial charge in [-0.2, -0.15) is 10.5 Å². The minimum atomic E-state index is -3.97. The van der Waals surface area contributed by atoms with Gasteiger partial charge in [-0.1, -0.05) is 18.2 Å². The third kappa shape index (κ3) is 4.72. The number of likely N-dealkylation sites (tertiary alicyclic amines) is 1. The Morgan fingerprint density at radius 3 is 2.50 bits per heavy atom. The molecule has 0 saturated carbocycles. The molecule has 38 heavy (non-hydrogen) atoms. The van der Waals surface area contributed by atoms with Crippen LogP contribution >= 0.6 is 0 Å². The maximum atomic E-state index is 14.0. The molecule has 1 fully saturated rings. The molecule has 10 nitrogen and oxygen atoms in total. The third-order valence-electron chi connectivity index (χ3n) is 6.57. The zero-order valence-corrected chi connectivity index (χ0v) is 21.4. The van der Waals surface area contributed by atoms with Crippen LogP contribution in [0, 0.1) is 22.7 Å². The molecule has 1 N–H and O–H groups in total. The normalized spacial score (nSPS) is 19.9. The minimum absolute atomic E-state index is 0.0268. The number of urea groups is 2. The monoisotopic (exact) mass is 537 g/mol. The largest absolute Gasteiger partial charge is 0.391 e. The van der Waals surface area contributed by atoms with Crippen molar-refractivity contribution in [2.75, 3.05) is 24.2 Å². The van der Waals surface area contributed by atoms with E-state index < -0.39 is 40.7 Å². The number of carbonyl (C=O) groups is 2. The third-order valence-corrected chi connectivity index (χ3v) is 7.73. The number of halogens is 1. The number of hydrogen-bond donors (Lipinski definition) is 1. The molecule has 0 bridgehead atoms. The van der Waals surface area contributed by atoms with Gasteiger partial charge in [0.05, 0.1) is 40.0 Å². The van der Waals surface area contributed by atoms with E-state index in [1.165, 1.54) is 48.2 Å². The van der Waals surface area contributed by atoms with Crippen LogP contribution in [-0.4, -0.2) is 60.8 Å². The highest BCUT2D eigenvalue weighted by Crippen LogP contribution is 2.42. The molecule has 196 valence electrons. The van der Waals surface area contributed by atoms with Gasteiger partial charge in [-0.25, -0.2) is 27.3 Å². The summed E-state index contributed by atoms with van der Waals surface area (Å²) >= 11 is 0. The van der Waals surface area contributed by atoms with Crippen LogP contribution in [0.1, 0.15) is 36.1 Å². The lowest BCUT2D eigenvalue weighted by Crippen LogP contribution is -2.55. The van der Waals surface area contributed by atoms with Gasteiger partial charge in [0.2, 0.25) is 0 Å². The van der Waals surface area contributed by atoms with Crippen molar-refractivity contribution in [3.05, 3.63) is 70.4 Å². The molecule has 0 unspecified atom stereocenters. The average molecular weight is 538 g/mol. The SMILES string of the molecule is CC1=C(C#N)[C@@H](c2ccc(C#N)cc2S(C)(=O)=O)N(C(=O)N2CC[C@H](O)C2)C(=O)N1c1cccc(CF)c1. The maximum absolute atomic E-state index is 14.0. The second kappa shape index (κ2) is 10.2. The Morgan fingerprint density at radius 1 is 1.18 bits per heavy atom. The van der Waals surface area contributed by atoms with Gasteiger partial charge in [0.1, 0.15) is 12.7 Å². The molecule has 0 aromatic heterocycles. The number of allylic oxidation sites excluding steroid dienone is 1. The quantitative estimate of drug-likeness (QED) is 0.629. The van der Waals surface area contributed by atoms with E-state index in [-0.39, 0.29) is 58.1 Å². The van der Waals surface area contributed by atoms with Gasteiger partial charge in [-0.05, 0) is 48.7 Å². The molecule has 2 heterocycles. The standard InChI is InChI=1S/C26H24FN5O5S/c1-16-22(14-29)24(21-7-6-18(13-28)11-23(21)38(2,36)37)32(25(34)30-9-8-20(33)15-30)26(35)31(16)19-5-3-4-17(10-19)12-27/h3-7,10-11,20,24,33H,8-9,12,15H2,1-2H3/t20-,24+/m0/s1. The minimum Gasteiger partial charge on any atom is -0.391 e. The summed E-state index contributed by atoms with van der Waals surface area (Å²) in [5.74, 6) is 0. The number of benzene rings is 2. The zero-order valence-electron chi connectivity index (χ0n) is 20.6. The summed E-state index contributed by atoms with van der Waals surface area (Å²) in [6, 6.07) is 10.6. The first kappa shape index (κ1) is 26.8. The first-order valence-corrected chi connectivity index (χ1v) is 13.5. The highest BCUT2D eigenvalue weighted by molar-refractivity contribution is 7.90. The lowest BCUT2D eigenvalue weighted by Gasteiger charge is -2.42. The van der Waals surface area contributed by atoms with E-state index in [4.69, 9.17) is 0 Å². The van der Waals surface area contributed by atoms with Crippen LogP contribution in [0.4, 0.5) is 19.7 Å². The number of aliphatic hydroxyl groups excluding tert-OH is 1. The Bertz CT molecular complexity index is 1540. The number of rotatable bonds is 4. The lowest BCUT2D eigenvalue weighted by atomic mass is 9.93. The molecule has 0 aliphatic carbocycles. The Kier molecular flexibility index (Phi) is 7.22. The number of nitrogens with zero attached hydrogens (tertiary/aromatic N) is 5. The molecule has 2 aliphatic rings. The first-order valence-electron chi connectivity index (χ1n) is 11.6. The number of alkyl halides is 1. The summed E-state index contributed by atoms with van der Waals surface area (Å²) in [7, 11) is -3.97. The fourth-order valence-corrected chi connectivity index (χ4v) is 5.69. The average Bonchev–Trinajstić information content (AvgIpc) is 3.33. The van der Waals surface area contributed by atoms with E-state index in [1.807, 2.05) is 12.1 Å². The van der Waals surface area contributed by atoms with E-state index in [0.717, 1.165) is 22.1 Å². The Morgan fingerprint density at radius 2 is 1.92 bits per heavy atom. The van der Waals surface area contributed by atoms with Crippen molar-refractivity contribution in [3.63, 3.8) is 0 Å². The molecule has 0 spiro atoms. The molecule has 2 aromatic carbocycles. The smallest absolute Gasteiger partial charge is 0.337 e. The van der Waals surface area contributed by atoms with Crippen molar-refractivity contribution in [1.82, 2.24) is 9.80 Å². The van der Waals surface area contributed by atoms with Crippen molar-refractivity contribution in [2.24, 2.45) is 0 Å². The molecular weight excluding hydrogens is 513 g/mol. The van der Waals surface area contributed by atoms with Crippen molar-refractivity contribution in [2.45, 2.75) is 37.1 Å². The van der Waals surface area contributed by atoms with Crippen molar-refractivity contribution >= 4 is 27.6 Å². The predicted octanol–water partition coefficient (Wildman–Crippen LogP) is 3.40. The van der Waals surface area contributed by atoms with Gasteiger partial charge in [0.25, 0.3) is 0 Å². The summed E-state index contributed by atoms with van der Waals surface area (Å²) in [6.45, 7) is 0.773. The number of amides is 4. The second-order valence-corrected chi connectivity index (χ2v) is 11.1. The van der Waals surface area contributed by atoms with Crippen LogP contribution in [0.25, 0.3) is 0 Å². The molecule has 0 radical (unpaired) electrons. The first-order chi connectivity index (χ1) is 18.0. The Labute approximate surface area is 219 Å². The van der Waals surface area contributed by atoms with E-state index in [1.54, 1.807) is 0 Å². The van der Waals surface area contributed by atoms with Crippen molar-refractivity contribution in [1.29, 1.82) is 10.5 Å². The van der Waals surface area contributed by atoms with Gasteiger partial charge in [0.15, 0.2) is 9.84 Å². The molecule has 4 rings (SSSR count). The topological polar surface area (TPSA) is 146 Å². The number of carbonyl (C=O) groups excluding carboxylic acids is 2. The van der Waals surface area contributed by atoms with Gasteiger partial charge in [-0.15, -0.1) is 0 Å². The molecule has 2 aliphatic heterocycles. The molecular formula is C26H24FN5O5S. The van der Waals surface area contributed by atoms with E-state index in [2.05, 4.69) is 0 Å². The summed E-state index contributed by atoms with van der Waals surface area (Å²) in [6.07, 6.45) is 0.410. The summed E-state index contributed by atoms with van der Waals surface area (Å²) in [4.78, 5) is 30.7. The fraction of sp³-hybridized carbons (Fsp3) is 0.308. The second-order valence-electron chi connectivity index (χ2n) is 9.11. The number of aliphatic hydroxyl groups is 1. The maximum Gasteiger partial charge on any atom is 0.337 e. The van der Waals surface area contributed by atoms with Crippen molar-refractivity contribution < 1.29 is 27.5 Å². The van der Waals surface area contributed by atoms with Crippen molar-refractivity contribution in [3.8, 4) is 12.1 Å². The van der Waals surface area contributed by atoms with Gasteiger partial charge < -0.3 is 10.0 Å². The number of hydrogen-bond acceptors (Lipinski definition) is 7. The van der Waals surface area contributed by atoms with E-state index in [0.29, 0.717) is 0 Å². The zero-order chi connectivity index (χ0) is 27.8. The summed E-state index contributed by atoms with van der Waals surface area (Å²) in [5.41, 5.74) is 0.555. The molecule has 2 atom stereocenters. The number of imide groups is 1. The molecule has 1 saturated heterocycles. The van der Waals surface area contributed by atoms with Gasteiger partial charge in [0, 0.05) is 25.0 Å². The number of anilines is 1. The summed E-state index contributed by atoms with van der Waals surface area (Å²) in [5, 5.41) is 29.6. The van der Waals surface area contributed by atoms with Crippen LogP contribution in [0.5, 0.6) is 0 Å². The van der Waals surface area contributed by atoms with Crippen LogP contribution < -0.4 is 4.90 Å². The molecule has 4 amide bonds. The highest BCUT2D eigenvalue weighted by atomic mass is 32.2. The van der Waals surface area contributed by atoms with Gasteiger partial charge in [-0.3, -0.25) is 4.90 Å². The van der Waals surface area contributed by atoms with Crippen LogP contribution in [0.3, 0.4) is 0 Å². The van der Waals surface area contributed by atoms with Crippen LogP contribution in [0.15, 0.2) is 58.6 Å². The number of sulfone groups is 1. The van der Waals surface area contributed by atoms with Crippen LogP contribution in [0.2, 0.25) is 0 Å². The Hall–Kier alpha value is -4.26. The fourth-order valence-electron chi connectivity index (χ4n) is 4.74. The molecule has 12 heteroatoms. The van der Waals surface area contributed by atoms with Gasteiger partial charge >= 0.3 is 12.1 Å². The van der Waals surface area contributed by atoms with E-state index in [9.17, 15) is 38.0 Å². The Balaban J connectivity index is 2.00. The number of nitriles is 2. The lowest BCUT2D eigenvalue weighted by molar-refractivity contribution is 0.140. The number of β-amino-alcohol motifs (C(OH)–C–C–N with tert-alkyl or cyclic N) is 1.